The summed E-state index contributed by atoms with van der Waals surface area (Å²) in [6, 6.07) is 11.1. The molecule has 0 aromatic heterocycles. The Morgan fingerprint density at radius 1 is 1.00 bits per heavy atom. The highest BCUT2D eigenvalue weighted by molar-refractivity contribution is 7.99. The molecule has 1 aromatic carbocycles. The summed E-state index contributed by atoms with van der Waals surface area (Å²) in [4.78, 5) is 0. The lowest BCUT2D eigenvalue weighted by atomic mass is 9.77. The Hall–Kier alpha value is -0.430. The molecular formula is C14H18S. The maximum Gasteiger partial charge on any atom is 0.0328 e. The molecular weight excluding hydrogens is 200 g/mol. The molecule has 1 saturated heterocycles. The third-order valence-corrected chi connectivity index (χ3v) is 5.58. The Labute approximate surface area is 96.5 Å². The van der Waals surface area contributed by atoms with Gasteiger partial charge in [-0.2, -0.15) is 11.8 Å². The molecule has 2 fully saturated rings. The molecule has 0 radical (unpaired) electrons. The van der Waals surface area contributed by atoms with Crippen LogP contribution in [0.5, 0.6) is 0 Å². The minimum atomic E-state index is 0.802. The van der Waals surface area contributed by atoms with E-state index in [0.29, 0.717) is 0 Å². The van der Waals surface area contributed by atoms with Crippen LogP contribution in [-0.4, -0.2) is 5.75 Å². The average molecular weight is 218 g/mol. The van der Waals surface area contributed by atoms with Gasteiger partial charge in [0.1, 0.15) is 0 Å². The van der Waals surface area contributed by atoms with E-state index in [1.165, 1.54) is 31.4 Å². The standard InChI is InChI=1S/C14H18S/c1-2-6-11(7-3-1)14-13-9-5-4-8-12(13)10-15-14/h1-3,6-7,12-14H,4-5,8-10H2/t12-,13-,14+/m1/s1. The van der Waals surface area contributed by atoms with Crippen molar-refractivity contribution >= 4 is 11.8 Å². The van der Waals surface area contributed by atoms with Crippen LogP contribution in [0.2, 0.25) is 0 Å². The SMILES string of the molecule is c1ccc([C@@H]2SC[C@H]3CCCC[C@H]32)cc1. The van der Waals surface area contributed by atoms with Gasteiger partial charge in [-0.15, -0.1) is 0 Å². The lowest BCUT2D eigenvalue weighted by molar-refractivity contribution is 0.271. The van der Waals surface area contributed by atoms with Crippen molar-refractivity contribution in [2.45, 2.75) is 30.9 Å². The van der Waals surface area contributed by atoms with Crippen LogP contribution < -0.4 is 0 Å². The van der Waals surface area contributed by atoms with Gasteiger partial charge in [-0.3, -0.25) is 0 Å². The third kappa shape index (κ3) is 1.82. The third-order valence-electron chi connectivity index (χ3n) is 3.97. The Morgan fingerprint density at radius 3 is 2.67 bits per heavy atom. The van der Waals surface area contributed by atoms with Gasteiger partial charge < -0.3 is 0 Å². The second kappa shape index (κ2) is 4.21. The fourth-order valence-corrected chi connectivity index (χ4v) is 5.00. The molecule has 0 bridgehead atoms. The van der Waals surface area contributed by atoms with Gasteiger partial charge in [-0.25, -0.2) is 0 Å². The fourth-order valence-electron chi connectivity index (χ4n) is 3.18. The maximum absolute atomic E-state index is 2.31. The molecule has 3 atom stereocenters. The first-order chi connectivity index (χ1) is 7.45. The molecule has 80 valence electrons. The zero-order valence-electron chi connectivity index (χ0n) is 9.06. The van der Waals surface area contributed by atoms with Gasteiger partial charge in [0, 0.05) is 5.25 Å². The van der Waals surface area contributed by atoms with E-state index in [1.807, 2.05) is 0 Å². The number of hydrogen-bond acceptors (Lipinski definition) is 1. The minimum absolute atomic E-state index is 0.802. The quantitative estimate of drug-likeness (QED) is 0.678. The van der Waals surface area contributed by atoms with Crippen LogP contribution in [0.3, 0.4) is 0 Å². The van der Waals surface area contributed by atoms with Gasteiger partial charge in [-0.1, -0.05) is 43.2 Å². The van der Waals surface area contributed by atoms with Gasteiger partial charge >= 0.3 is 0 Å². The van der Waals surface area contributed by atoms with Crippen LogP contribution in [0, 0.1) is 11.8 Å². The monoisotopic (exact) mass is 218 g/mol. The Balaban J connectivity index is 1.82. The van der Waals surface area contributed by atoms with Gasteiger partial charge in [0.25, 0.3) is 0 Å². The highest BCUT2D eigenvalue weighted by Gasteiger charge is 2.38. The van der Waals surface area contributed by atoms with Crippen LogP contribution in [-0.2, 0) is 0 Å². The second-order valence-electron chi connectivity index (χ2n) is 4.87. The zero-order valence-corrected chi connectivity index (χ0v) is 9.88. The highest BCUT2D eigenvalue weighted by atomic mass is 32.2. The van der Waals surface area contributed by atoms with E-state index in [0.717, 1.165) is 17.1 Å². The van der Waals surface area contributed by atoms with Crippen LogP contribution in [0.1, 0.15) is 36.5 Å². The van der Waals surface area contributed by atoms with Crippen molar-refractivity contribution < 1.29 is 0 Å². The molecule has 2 aliphatic rings. The van der Waals surface area contributed by atoms with Crippen molar-refractivity contribution in [2.24, 2.45) is 11.8 Å². The van der Waals surface area contributed by atoms with Crippen molar-refractivity contribution in [3.8, 4) is 0 Å². The molecule has 0 N–H and O–H groups in total. The smallest absolute Gasteiger partial charge is 0.0328 e. The molecule has 1 heteroatoms. The van der Waals surface area contributed by atoms with E-state index < -0.39 is 0 Å². The normalized spacial score (nSPS) is 35.1. The van der Waals surface area contributed by atoms with Gasteiger partial charge in [0.05, 0.1) is 0 Å². The number of hydrogen-bond donors (Lipinski definition) is 0. The summed E-state index contributed by atoms with van der Waals surface area (Å²) in [5.41, 5.74) is 1.57. The zero-order chi connectivity index (χ0) is 10.1. The first-order valence-corrected chi connectivity index (χ1v) is 7.16. The Morgan fingerprint density at radius 2 is 1.80 bits per heavy atom. The van der Waals surface area contributed by atoms with Crippen molar-refractivity contribution in [1.29, 1.82) is 0 Å². The first-order valence-electron chi connectivity index (χ1n) is 6.12. The molecule has 0 unspecified atom stereocenters. The maximum atomic E-state index is 2.31. The molecule has 0 nitrogen and oxygen atoms in total. The second-order valence-corrected chi connectivity index (χ2v) is 6.05. The van der Waals surface area contributed by atoms with E-state index in [2.05, 4.69) is 42.1 Å². The largest absolute Gasteiger partial charge is 0.153 e. The van der Waals surface area contributed by atoms with E-state index >= 15 is 0 Å². The summed E-state index contributed by atoms with van der Waals surface area (Å²) in [5.74, 6) is 3.41. The molecule has 1 aliphatic carbocycles. The van der Waals surface area contributed by atoms with Crippen LogP contribution in [0.4, 0.5) is 0 Å². The van der Waals surface area contributed by atoms with Crippen molar-refractivity contribution in [3.63, 3.8) is 0 Å². The van der Waals surface area contributed by atoms with Crippen molar-refractivity contribution in [2.75, 3.05) is 5.75 Å². The Kier molecular flexibility index (Phi) is 2.74. The number of rotatable bonds is 1. The van der Waals surface area contributed by atoms with E-state index in [-0.39, 0.29) is 0 Å². The summed E-state index contributed by atoms with van der Waals surface area (Å²) >= 11 is 2.20. The lowest BCUT2D eigenvalue weighted by Gasteiger charge is -2.28. The molecule has 15 heavy (non-hydrogen) atoms. The van der Waals surface area contributed by atoms with E-state index in [1.54, 1.807) is 5.56 Å². The lowest BCUT2D eigenvalue weighted by Crippen LogP contribution is -2.18. The number of thioether (sulfide) groups is 1. The fraction of sp³-hybridized carbons (Fsp3) is 0.571. The molecule has 1 heterocycles. The predicted molar refractivity (Wildman–Crippen MR) is 67.1 cm³/mol. The topological polar surface area (TPSA) is 0 Å². The summed E-state index contributed by atoms with van der Waals surface area (Å²) in [5, 5.41) is 0.802. The van der Waals surface area contributed by atoms with Crippen LogP contribution >= 0.6 is 11.8 Å². The van der Waals surface area contributed by atoms with Gasteiger partial charge in [-0.05, 0) is 36.0 Å². The van der Waals surface area contributed by atoms with Crippen LogP contribution in [0.15, 0.2) is 30.3 Å². The molecule has 0 amide bonds. The van der Waals surface area contributed by atoms with Crippen LogP contribution in [0.25, 0.3) is 0 Å². The van der Waals surface area contributed by atoms with E-state index in [4.69, 9.17) is 0 Å². The van der Waals surface area contributed by atoms with E-state index in [9.17, 15) is 0 Å². The molecule has 3 rings (SSSR count). The summed E-state index contributed by atoms with van der Waals surface area (Å²) in [6.07, 6.45) is 5.90. The average Bonchev–Trinajstić information content (AvgIpc) is 2.74. The Bertz CT molecular complexity index is 319. The summed E-state index contributed by atoms with van der Waals surface area (Å²) < 4.78 is 0. The van der Waals surface area contributed by atoms with Gasteiger partial charge in [0.15, 0.2) is 0 Å². The minimum Gasteiger partial charge on any atom is -0.153 e. The van der Waals surface area contributed by atoms with Crippen molar-refractivity contribution in [3.05, 3.63) is 35.9 Å². The number of fused-ring (bicyclic) bond motifs is 1. The molecule has 0 spiro atoms. The highest BCUT2D eigenvalue weighted by Crippen LogP contribution is 2.53. The molecule has 1 aliphatic heterocycles. The predicted octanol–water partition coefficient (Wildman–Crippen LogP) is 4.28. The van der Waals surface area contributed by atoms with Crippen molar-refractivity contribution in [1.82, 2.24) is 0 Å². The summed E-state index contributed by atoms with van der Waals surface area (Å²) in [7, 11) is 0. The molecule has 1 aromatic rings. The number of benzene rings is 1. The van der Waals surface area contributed by atoms with Gasteiger partial charge in [0.2, 0.25) is 0 Å². The molecule has 1 saturated carbocycles. The summed E-state index contributed by atoms with van der Waals surface area (Å²) in [6.45, 7) is 0. The first kappa shape index (κ1) is 9.77.